The van der Waals surface area contributed by atoms with Crippen molar-refractivity contribution in [2.75, 3.05) is 31.1 Å². The number of carbonyl (C=O) groups excluding carboxylic acids is 2. The molecule has 2 rings (SSSR count). The molecule has 0 aromatic heterocycles. The highest BCUT2D eigenvalue weighted by atomic mass is 16.2. The molecule has 1 heterocycles. The lowest BCUT2D eigenvalue weighted by Gasteiger charge is -2.39. The van der Waals surface area contributed by atoms with Gasteiger partial charge in [-0.25, -0.2) is 0 Å². The molecule has 2 unspecified atom stereocenters. The van der Waals surface area contributed by atoms with Gasteiger partial charge in [0.2, 0.25) is 11.8 Å². The number of amides is 2. The minimum absolute atomic E-state index is 0.102. The first kappa shape index (κ1) is 21.3. The van der Waals surface area contributed by atoms with Gasteiger partial charge in [0, 0.05) is 43.7 Å². The van der Waals surface area contributed by atoms with Crippen LogP contribution in [0.4, 0.5) is 5.69 Å². The van der Waals surface area contributed by atoms with Crippen molar-refractivity contribution in [2.45, 2.75) is 47.0 Å². The topological polar surface area (TPSA) is 66.6 Å². The first-order chi connectivity index (χ1) is 12.8. The van der Waals surface area contributed by atoms with Crippen molar-refractivity contribution in [3.63, 3.8) is 0 Å². The van der Waals surface area contributed by atoms with Gasteiger partial charge in [0.1, 0.15) is 0 Å². The van der Waals surface area contributed by atoms with Gasteiger partial charge in [-0.3, -0.25) is 9.59 Å². The zero-order chi connectivity index (χ0) is 20.0. The van der Waals surface area contributed by atoms with Crippen LogP contribution < -0.4 is 10.6 Å². The summed E-state index contributed by atoms with van der Waals surface area (Å²) in [6.45, 7) is 11.4. The van der Waals surface area contributed by atoms with Crippen molar-refractivity contribution < 1.29 is 9.59 Å². The average molecular weight is 374 g/mol. The van der Waals surface area contributed by atoms with Crippen molar-refractivity contribution in [3.8, 4) is 0 Å². The van der Waals surface area contributed by atoms with Gasteiger partial charge >= 0.3 is 0 Å². The number of para-hydroxylation sites is 1. The Morgan fingerprint density at radius 1 is 1.07 bits per heavy atom. The number of anilines is 1. The van der Waals surface area contributed by atoms with E-state index in [1.165, 1.54) is 11.3 Å². The van der Waals surface area contributed by atoms with E-state index >= 15 is 0 Å². The van der Waals surface area contributed by atoms with E-state index in [0.717, 1.165) is 19.5 Å². The largest absolute Gasteiger partial charge is 0.369 e. The second-order valence-corrected chi connectivity index (χ2v) is 8.13. The number of nitrogens with two attached hydrogens (primary N) is 1. The maximum Gasteiger partial charge on any atom is 0.226 e. The molecule has 1 saturated heterocycles. The first-order valence-corrected chi connectivity index (χ1v) is 10.2. The van der Waals surface area contributed by atoms with Gasteiger partial charge < -0.3 is 15.5 Å². The quantitative estimate of drug-likeness (QED) is 0.761. The van der Waals surface area contributed by atoms with E-state index in [0.29, 0.717) is 31.8 Å². The Labute approximate surface area is 163 Å². The Balaban J connectivity index is 2.08. The Hall–Kier alpha value is -2.04. The van der Waals surface area contributed by atoms with E-state index in [9.17, 15) is 9.59 Å². The molecule has 1 aliphatic rings. The molecule has 2 N–H and O–H groups in total. The zero-order valence-corrected chi connectivity index (χ0v) is 17.3. The molecule has 0 bridgehead atoms. The summed E-state index contributed by atoms with van der Waals surface area (Å²) in [7, 11) is 0. The molecule has 150 valence electrons. The van der Waals surface area contributed by atoms with E-state index in [1.54, 1.807) is 0 Å². The summed E-state index contributed by atoms with van der Waals surface area (Å²) in [6.07, 6.45) is 2.25. The Morgan fingerprint density at radius 2 is 1.70 bits per heavy atom. The molecule has 1 aromatic carbocycles. The maximum atomic E-state index is 13.3. The fraction of sp³-hybridized carbons (Fsp3) is 0.636. The van der Waals surface area contributed by atoms with Gasteiger partial charge in [0.05, 0.1) is 0 Å². The van der Waals surface area contributed by atoms with Crippen molar-refractivity contribution in [1.82, 2.24) is 4.90 Å². The van der Waals surface area contributed by atoms with Crippen molar-refractivity contribution in [1.29, 1.82) is 0 Å². The molecule has 1 aromatic rings. The SMILES string of the molecule is CCCC(C(N)=O)C(CC(C)C)C(=O)N1CCN(c2ccccc2C)CC1. The Kier molecular flexibility index (Phi) is 7.69. The predicted molar refractivity (Wildman–Crippen MR) is 111 cm³/mol. The van der Waals surface area contributed by atoms with Crippen molar-refractivity contribution in [3.05, 3.63) is 29.8 Å². The lowest BCUT2D eigenvalue weighted by molar-refractivity contribution is -0.142. The number of aryl methyl sites for hydroxylation is 1. The fourth-order valence-electron chi connectivity index (χ4n) is 4.12. The maximum absolute atomic E-state index is 13.3. The molecule has 2 amide bonds. The molecule has 0 spiro atoms. The molecular formula is C22H35N3O2. The molecule has 5 nitrogen and oxygen atoms in total. The summed E-state index contributed by atoms with van der Waals surface area (Å²) >= 11 is 0. The summed E-state index contributed by atoms with van der Waals surface area (Å²) in [5.41, 5.74) is 8.16. The third-order valence-corrected chi connectivity index (χ3v) is 5.54. The summed E-state index contributed by atoms with van der Waals surface area (Å²) in [4.78, 5) is 29.6. The van der Waals surface area contributed by atoms with Gasteiger partial charge in [-0.15, -0.1) is 0 Å². The summed E-state index contributed by atoms with van der Waals surface area (Å²) < 4.78 is 0. The van der Waals surface area contributed by atoms with Gasteiger partial charge in [-0.1, -0.05) is 45.4 Å². The van der Waals surface area contributed by atoms with E-state index in [1.807, 2.05) is 17.9 Å². The van der Waals surface area contributed by atoms with Crippen LogP contribution in [0.3, 0.4) is 0 Å². The standard InChI is InChI=1S/C22H35N3O2/c1-5-8-18(21(23)26)19(15-16(2)3)22(27)25-13-11-24(12-14-25)20-10-7-6-9-17(20)4/h6-7,9-10,16,18-19H,5,8,11-15H2,1-4H3,(H2,23,26). The average Bonchev–Trinajstić information content (AvgIpc) is 2.64. The lowest BCUT2D eigenvalue weighted by atomic mass is 9.81. The van der Waals surface area contributed by atoms with Crippen LogP contribution in [0.5, 0.6) is 0 Å². The minimum atomic E-state index is -0.362. The number of nitrogens with zero attached hydrogens (tertiary/aromatic N) is 2. The molecule has 2 atom stereocenters. The number of hydrogen-bond acceptors (Lipinski definition) is 3. The van der Waals surface area contributed by atoms with Gasteiger partial charge in [0.25, 0.3) is 0 Å². The number of carbonyl (C=O) groups is 2. The van der Waals surface area contributed by atoms with E-state index in [4.69, 9.17) is 5.73 Å². The highest BCUT2D eigenvalue weighted by Gasteiger charge is 2.36. The monoisotopic (exact) mass is 373 g/mol. The van der Waals surface area contributed by atoms with E-state index in [-0.39, 0.29) is 23.7 Å². The van der Waals surface area contributed by atoms with Crippen molar-refractivity contribution >= 4 is 17.5 Å². The molecule has 0 aliphatic carbocycles. The molecule has 0 saturated carbocycles. The zero-order valence-electron chi connectivity index (χ0n) is 17.3. The Bertz CT molecular complexity index is 636. The molecule has 5 heteroatoms. The van der Waals surface area contributed by atoms with Crippen molar-refractivity contribution in [2.24, 2.45) is 23.5 Å². The number of piperazine rings is 1. The van der Waals surface area contributed by atoms with Crippen LogP contribution in [0.25, 0.3) is 0 Å². The van der Waals surface area contributed by atoms with Crippen LogP contribution in [0.1, 0.15) is 45.6 Å². The number of hydrogen-bond donors (Lipinski definition) is 1. The number of rotatable bonds is 8. The smallest absolute Gasteiger partial charge is 0.226 e. The van der Waals surface area contributed by atoms with Gasteiger partial charge in [-0.05, 0) is 37.3 Å². The molecule has 0 radical (unpaired) electrons. The first-order valence-electron chi connectivity index (χ1n) is 10.2. The highest BCUT2D eigenvalue weighted by Crippen LogP contribution is 2.28. The number of benzene rings is 1. The lowest BCUT2D eigenvalue weighted by Crippen LogP contribution is -2.52. The van der Waals surface area contributed by atoms with Gasteiger partial charge in [-0.2, -0.15) is 0 Å². The highest BCUT2D eigenvalue weighted by molar-refractivity contribution is 5.87. The van der Waals surface area contributed by atoms with Crippen LogP contribution in [0.15, 0.2) is 24.3 Å². The van der Waals surface area contributed by atoms with Crippen LogP contribution >= 0.6 is 0 Å². The molecule has 1 aliphatic heterocycles. The Morgan fingerprint density at radius 3 is 2.22 bits per heavy atom. The predicted octanol–water partition coefficient (Wildman–Crippen LogP) is 3.21. The minimum Gasteiger partial charge on any atom is -0.369 e. The summed E-state index contributed by atoms with van der Waals surface area (Å²) in [5, 5.41) is 0. The van der Waals surface area contributed by atoms with E-state index < -0.39 is 0 Å². The summed E-state index contributed by atoms with van der Waals surface area (Å²) in [6, 6.07) is 8.36. The van der Waals surface area contributed by atoms with Crippen LogP contribution in [-0.4, -0.2) is 42.9 Å². The van der Waals surface area contributed by atoms with Gasteiger partial charge in [0.15, 0.2) is 0 Å². The van der Waals surface area contributed by atoms with E-state index in [2.05, 4.69) is 43.9 Å². The number of primary amides is 1. The molecular weight excluding hydrogens is 338 g/mol. The third-order valence-electron chi connectivity index (χ3n) is 5.54. The molecule has 27 heavy (non-hydrogen) atoms. The fourth-order valence-corrected chi connectivity index (χ4v) is 4.12. The normalized spacial score (nSPS) is 17.1. The summed E-state index contributed by atoms with van der Waals surface area (Å²) in [5.74, 6) is -0.544. The molecule has 1 fully saturated rings. The second kappa shape index (κ2) is 9.77. The van der Waals surface area contributed by atoms with Crippen LogP contribution in [-0.2, 0) is 9.59 Å². The van der Waals surface area contributed by atoms with Crippen LogP contribution in [0.2, 0.25) is 0 Å². The third kappa shape index (κ3) is 5.47. The van der Waals surface area contributed by atoms with Crippen LogP contribution in [0, 0.1) is 24.7 Å². The second-order valence-electron chi connectivity index (χ2n) is 8.13.